The molecule has 0 unspecified atom stereocenters. The number of ether oxygens (including phenoxy) is 3. The number of halogens is 2. The Hall–Kier alpha value is -3.21. The van der Waals surface area contributed by atoms with Crippen molar-refractivity contribution in [3.8, 4) is 11.5 Å². The predicted octanol–water partition coefficient (Wildman–Crippen LogP) is 4.62. The lowest BCUT2D eigenvalue weighted by molar-refractivity contribution is -0.143. The van der Waals surface area contributed by atoms with Gasteiger partial charge in [-0.15, -0.1) is 0 Å². The van der Waals surface area contributed by atoms with E-state index in [0.717, 1.165) is 4.90 Å². The number of nitrogens with zero attached hydrogens (tertiary/aromatic N) is 1. The van der Waals surface area contributed by atoms with E-state index in [1.165, 1.54) is 19.3 Å². The molecule has 12 heteroatoms. The van der Waals surface area contributed by atoms with Crippen LogP contribution >= 0.6 is 35.0 Å². The minimum atomic E-state index is -0.624. The van der Waals surface area contributed by atoms with Gasteiger partial charge in [0.1, 0.15) is 6.54 Å². The molecular formula is C23H20Cl2N2O7S. The van der Waals surface area contributed by atoms with Crippen molar-refractivity contribution in [3.05, 3.63) is 56.9 Å². The van der Waals surface area contributed by atoms with E-state index in [2.05, 4.69) is 10.1 Å². The second kappa shape index (κ2) is 12.0. The van der Waals surface area contributed by atoms with Crippen molar-refractivity contribution >= 4 is 69.8 Å². The largest absolute Gasteiger partial charge is 0.490 e. The number of anilines is 1. The van der Waals surface area contributed by atoms with Crippen LogP contribution < -0.4 is 14.8 Å². The van der Waals surface area contributed by atoms with Gasteiger partial charge in [0.05, 0.1) is 23.6 Å². The van der Waals surface area contributed by atoms with Crippen LogP contribution in [0, 0.1) is 0 Å². The molecule has 9 nitrogen and oxygen atoms in total. The monoisotopic (exact) mass is 538 g/mol. The second-order valence-electron chi connectivity index (χ2n) is 6.95. The summed E-state index contributed by atoms with van der Waals surface area (Å²) >= 11 is 12.9. The molecule has 35 heavy (non-hydrogen) atoms. The van der Waals surface area contributed by atoms with Gasteiger partial charge in [0.2, 0.25) is 5.91 Å². The van der Waals surface area contributed by atoms with E-state index >= 15 is 0 Å². The highest BCUT2D eigenvalue weighted by Gasteiger charge is 2.36. The zero-order valence-electron chi connectivity index (χ0n) is 18.6. The summed E-state index contributed by atoms with van der Waals surface area (Å²) in [5, 5.41) is 2.57. The molecule has 1 N–H and O–H groups in total. The van der Waals surface area contributed by atoms with Crippen LogP contribution in [-0.4, -0.2) is 54.8 Å². The van der Waals surface area contributed by atoms with E-state index in [0.29, 0.717) is 28.0 Å². The first-order valence-electron chi connectivity index (χ1n) is 10.2. The topological polar surface area (TPSA) is 111 Å². The quantitative estimate of drug-likeness (QED) is 0.363. The summed E-state index contributed by atoms with van der Waals surface area (Å²) in [6, 6.07) is 9.55. The first-order chi connectivity index (χ1) is 16.7. The predicted molar refractivity (Wildman–Crippen MR) is 133 cm³/mol. The van der Waals surface area contributed by atoms with Gasteiger partial charge in [-0.1, -0.05) is 29.3 Å². The Bertz CT molecular complexity index is 1200. The Labute approximate surface area is 215 Å². The average molecular weight is 539 g/mol. The average Bonchev–Trinajstić information content (AvgIpc) is 3.05. The Morgan fingerprint density at radius 1 is 1.14 bits per heavy atom. The normalized spacial score (nSPS) is 14.3. The van der Waals surface area contributed by atoms with E-state index in [1.54, 1.807) is 37.3 Å². The fourth-order valence-corrected chi connectivity index (χ4v) is 4.26. The van der Waals surface area contributed by atoms with Crippen LogP contribution in [0.3, 0.4) is 0 Å². The molecular weight excluding hydrogens is 519 g/mol. The maximum absolute atomic E-state index is 12.8. The van der Waals surface area contributed by atoms with Gasteiger partial charge >= 0.3 is 5.97 Å². The molecule has 2 aromatic carbocycles. The van der Waals surface area contributed by atoms with Gasteiger partial charge in [-0.05, 0) is 60.7 Å². The van der Waals surface area contributed by atoms with E-state index in [-0.39, 0.29) is 34.6 Å². The number of methoxy groups -OCH3 is 1. The smallest absolute Gasteiger partial charge is 0.343 e. The number of hydrogen-bond donors (Lipinski definition) is 1. The summed E-state index contributed by atoms with van der Waals surface area (Å²) in [5.41, 5.74) is 0.898. The van der Waals surface area contributed by atoms with E-state index in [1.807, 2.05) is 0 Å². The summed E-state index contributed by atoms with van der Waals surface area (Å²) in [4.78, 5) is 49.9. The van der Waals surface area contributed by atoms with Crippen molar-refractivity contribution < 1.29 is 33.4 Å². The van der Waals surface area contributed by atoms with Crippen molar-refractivity contribution in [1.29, 1.82) is 0 Å². The second-order valence-corrected chi connectivity index (χ2v) is 8.79. The van der Waals surface area contributed by atoms with Crippen molar-refractivity contribution in [2.45, 2.75) is 6.92 Å². The van der Waals surface area contributed by atoms with Crippen LogP contribution in [0.5, 0.6) is 11.5 Å². The van der Waals surface area contributed by atoms with Gasteiger partial charge in [0.25, 0.3) is 11.1 Å². The molecule has 1 fully saturated rings. The summed E-state index contributed by atoms with van der Waals surface area (Å²) in [5.74, 6) is -1.39. The zero-order valence-corrected chi connectivity index (χ0v) is 21.0. The molecule has 0 aromatic heterocycles. The third-order valence-electron chi connectivity index (χ3n) is 4.48. The third-order valence-corrected chi connectivity index (χ3v) is 5.90. The fraction of sp³-hybridized carbons (Fsp3) is 0.217. The minimum absolute atomic E-state index is 0.104. The molecule has 1 saturated heterocycles. The maximum Gasteiger partial charge on any atom is 0.343 e. The first-order valence-corrected chi connectivity index (χ1v) is 11.8. The van der Waals surface area contributed by atoms with Crippen LogP contribution in [0.4, 0.5) is 10.5 Å². The molecule has 0 atom stereocenters. The molecule has 1 heterocycles. The standard InChI is InChI=1S/C23H20Cl2N2O7S/c1-3-33-17-8-13(7-16(25)21(17)34-12-20(29)32-2)9-18-22(30)27(23(31)35-18)11-19(28)26-15-6-4-5-14(24)10-15/h4-10H,3,11-12H2,1-2H3,(H,26,28)/b18-9-. The zero-order chi connectivity index (χ0) is 25.5. The number of rotatable bonds is 9. The lowest BCUT2D eigenvalue weighted by Crippen LogP contribution is -2.36. The van der Waals surface area contributed by atoms with Crippen LogP contribution in [0.15, 0.2) is 41.3 Å². The summed E-state index contributed by atoms with van der Waals surface area (Å²) < 4.78 is 15.5. The number of carbonyl (C=O) groups excluding carboxylic acids is 4. The first kappa shape index (κ1) is 26.4. The summed E-state index contributed by atoms with van der Waals surface area (Å²) in [6.45, 7) is 1.21. The summed E-state index contributed by atoms with van der Waals surface area (Å²) in [6.07, 6.45) is 1.46. The number of esters is 1. The van der Waals surface area contributed by atoms with Crippen molar-refractivity contribution in [3.63, 3.8) is 0 Å². The van der Waals surface area contributed by atoms with Crippen molar-refractivity contribution in [1.82, 2.24) is 4.90 Å². The number of imide groups is 1. The number of thioether (sulfide) groups is 1. The van der Waals surface area contributed by atoms with Gasteiger partial charge in [-0.25, -0.2) is 4.79 Å². The third kappa shape index (κ3) is 6.91. The van der Waals surface area contributed by atoms with Crippen LogP contribution in [0.2, 0.25) is 10.0 Å². The molecule has 184 valence electrons. The minimum Gasteiger partial charge on any atom is -0.490 e. The Morgan fingerprint density at radius 2 is 1.91 bits per heavy atom. The van der Waals surface area contributed by atoms with Gasteiger partial charge in [-0.2, -0.15) is 0 Å². The van der Waals surface area contributed by atoms with E-state index in [9.17, 15) is 19.2 Å². The maximum atomic E-state index is 12.8. The molecule has 3 amide bonds. The molecule has 1 aliphatic rings. The van der Waals surface area contributed by atoms with Crippen LogP contribution in [0.25, 0.3) is 6.08 Å². The molecule has 3 rings (SSSR count). The van der Waals surface area contributed by atoms with E-state index < -0.39 is 29.6 Å². The van der Waals surface area contributed by atoms with Gasteiger partial charge < -0.3 is 19.5 Å². The molecule has 0 spiro atoms. The SMILES string of the molecule is CCOc1cc(/C=C2\SC(=O)N(CC(=O)Nc3cccc(Cl)c3)C2=O)cc(Cl)c1OCC(=O)OC. The molecule has 1 aliphatic heterocycles. The molecule has 0 saturated carbocycles. The van der Waals surface area contributed by atoms with E-state index in [4.69, 9.17) is 32.7 Å². The molecule has 0 radical (unpaired) electrons. The van der Waals surface area contributed by atoms with Crippen LogP contribution in [0.1, 0.15) is 12.5 Å². The number of hydrogen-bond acceptors (Lipinski definition) is 8. The Kier molecular flexibility index (Phi) is 9.02. The van der Waals surface area contributed by atoms with Gasteiger partial charge in [0.15, 0.2) is 18.1 Å². The van der Waals surface area contributed by atoms with Gasteiger partial charge in [0, 0.05) is 10.7 Å². The number of amides is 3. The van der Waals surface area contributed by atoms with Crippen molar-refractivity contribution in [2.75, 3.05) is 32.2 Å². The Balaban J connectivity index is 1.76. The fourth-order valence-electron chi connectivity index (χ4n) is 2.96. The molecule has 0 aliphatic carbocycles. The van der Waals surface area contributed by atoms with Gasteiger partial charge in [-0.3, -0.25) is 19.3 Å². The number of carbonyl (C=O) groups is 4. The van der Waals surface area contributed by atoms with Crippen LogP contribution in [-0.2, 0) is 19.1 Å². The molecule has 0 bridgehead atoms. The highest BCUT2D eigenvalue weighted by Crippen LogP contribution is 2.39. The highest BCUT2D eigenvalue weighted by molar-refractivity contribution is 8.18. The lowest BCUT2D eigenvalue weighted by Gasteiger charge is -2.14. The number of nitrogens with one attached hydrogen (secondary N) is 1. The summed E-state index contributed by atoms with van der Waals surface area (Å²) in [7, 11) is 1.23. The Morgan fingerprint density at radius 3 is 2.60 bits per heavy atom. The van der Waals surface area contributed by atoms with Crippen molar-refractivity contribution in [2.24, 2.45) is 0 Å². The lowest BCUT2D eigenvalue weighted by atomic mass is 10.1. The number of benzene rings is 2. The molecule has 2 aromatic rings. The highest BCUT2D eigenvalue weighted by atomic mass is 35.5.